The molecule has 27 heavy (non-hydrogen) atoms. The molecule has 2 amide bonds. The van der Waals surface area contributed by atoms with Crippen LogP contribution in [0.4, 0.5) is 10.5 Å². The summed E-state index contributed by atoms with van der Waals surface area (Å²) >= 11 is 0. The standard InChI is InChI=1S/C23H20N2O2/c1-16-11-13-19(14-12-16)24-23(26)25-22(17-7-3-2-4-8-17)21-15-18-9-5-6-10-20(18)27-21/h2-15,22H,1H3,(H2,24,25,26). The van der Waals surface area contributed by atoms with Crippen molar-refractivity contribution in [3.63, 3.8) is 0 Å². The molecule has 4 aromatic rings. The van der Waals surface area contributed by atoms with Crippen LogP contribution < -0.4 is 10.6 Å². The summed E-state index contributed by atoms with van der Waals surface area (Å²) in [5.41, 5.74) is 3.64. The van der Waals surface area contributed by atoms with Gasteiger partial charge in [-0.3, -0.25) is 0 Å². The van der Waals surface area contributed by atoms with Crippen molar-refractivity contribution < 1.29 is 9.21 Å². The molecule has 1 unspecified atom stereocenters. The molecule has 134 valence electrons. The molecule has 0 radical (unpaired) electrons. The Labute approximate surface area is 157 Å². The number of nitrogens with one attached hydrogen (secondary N) is 2. The van der Waals surface area contributed by atoms with Crippen LogP contribution in [-0.4, -0.2) is 6.03 Å². The van der Waals surface area contributed by atoms with Crippen LogP contribution >= 0.6 is 0 Å². The number of benzene rings is 3. The van der Waals surface area contributed by atoms with Crippen LogP contribution in [0.25, 0.3) is 11.0 Å². The van der Waals surface area contributed by atoms with E-state index in [4.69, 9.17) is 4.42 Å². The second-order valence-electron chi connectivity index (χ2n) is 6.49. The van der Waals surface area contributed by atoms with Gasteiger partial charge in [-0.1, -0.05) is 66.2 Å². The van der Waals surface area contributed by atoms with Gasteiger partial charge in [0, 0.05) is 11.1 Å². The van der Waals surface area contributed by atoms with Crippen molar-refractivity contribution in [2.75, 3.05) is 5.32 Å². The maximum atomic E-state index is 12.6. The first-order valence-corrected chi connectivity index (χ1v) is 8.87. The molecule has 0 saturated carbocycles. The predicted octanol–water partition coefficient (Wildman–Crippen LogP) is 5.65. The highest BCUT2D eigenvalue weighted by molar-refractivity contribution is 5.90. The maximum Gasteiger partial charge on any atom is 0.320 e. The third-order valence-electron chi connectivity index (χ3n) is 4.45. The smallest absolute Gasteiger partial charge is 0.320 e. The molecular formula is C23H20N2O2. The molecular weight excluding hydrogens is 336 g/mol. The summed E-state index contributed by atoms with van der Waals surface area (Å²) in [5, 5.41) is 6.92. The number of hydrogen-bond donors (Lipinski definition) is 2. The lowest BCUT2D eigenvalue weighted by atomic mass is 10.0. The highest BCUT2D eigenvalue weighted by Gasteiger charge is 2.21. The molecule has 3 aromatic carbocycles. The Kier molecular flexibility index (Phi) is 4.62. The van der Waals surface area contributed by atoms with E-state index in [-0.39, 0.29) is 12.1 Å². The average molecular weight is 356 g/mol. The monoisotopic (exact) mass is 356 g/mol. The zero-order valence-corrected chi connectivity index (χ0v) is 15.0. The summed E-state index contributed by atoms with van der Waals surface area (Å²) in [5.74, 6) is 0.696. The van der Waals surface area contributed by atoms with E-state index in [0.29, 0.717) is 5.76 Å². The quantitative estimate of drug-likeness (QED) is 0.496. The zero-order chi connectivity index (χ0) is 18.6. The van der Waals surface area contributed by atoms with Crippen LogP contribution in [0.3, 0.4) is 0 Å². The van der Waals surface area contributed by atoms with E-state index >= 15 is 0 Å². The molecule has 0 saturated heterocycles. The normalized spacial score (nSPS) is 11.9. The molecule has 0 spiro atoms. The van der Waals surface area contributed by atoms with Gasteiger partial charge in [-0.15, -0.1) is 0 Å². The van der Waals surface area contributed by atoms with Gasteiger partial charge in [0.1, 0.15) is 17.4 Å². The number of carbonyl (C=O) groups is 1. The summed E-state index contributed by atoms with van der Waals surface area (Å²) in [6.45, 7) is 2.01. The van der Waals surface area contributed by atoms with E-state index in [1.807, 2.05) is 91.9 Å². The van der Waals surface area contributed by atoms with Gasteiger partial charge in [-0.2, -0.15) is 0 Å². The first kappa shape index (κ1) is 16.9. The molecule has 1 atom stereocenters. The van der Waals surface area contributed by atoms with Gasteiger partial charge in [0.25, 0.3) is 0 Å². The minimum atomic E-state index is -0.385. The molecule has 1 heterocycles. The number of hydrogen-bond acceptors (Lipinski definition) is 2. The number of carbonyl (C=O) groups excluding carboxylic acids is 1. The lowest BCUT2D eigenvalue weighted by Gasteiger charge is -2.17. The van der Waals surface area contributed by atoms with Crippen molar-refractivity contribution in [2.45, 2.75) is 13.0 Å². The van der Waals surface area contributed by atoms with Crippen LogP contribution in [-0.2, 0) is 0 Å². The van der Waals surface area contributed by atoms with Crippen LogP contribution in [0.5, 0.6) is 0 Å². The Balaban J connectivity index is 1.62. The van der Waals surface area contributed by atoms with Gasteiger partial charge >= 0.3 is 6.03 Å². The number of para-hydroxylation sites is 1. The van der Waals surface area contributed by atoms with Gasteiger partial charge in [-0.05, 0) is 36.8 Å². The van der Waals surface area contributed by atoms with Crippen molar-refractivity contribution in [3.05, 3.63) is 102 Å². The first-order valence-electron chi connectivity index (χ1n) is 8.87. The van der Waals surface area contributed by atoms with Crippen LogP contribution in [0.2, 0.25) is 0 Å². The van der Waals surface area contributed by atoms with Crippen molar-refractivity contribution in [1.82, 2.24) is 5.32 Å². The number of anilines is 1. The average Bonchev–Trinajstić information content (AvgIpc) is 3.12. The van der Waals surface area contributed by atoms with Crippen molar-refractivity contribution in [2.24, 2.45) is 0 Å². The molecule has 2 N–H and O–H groups in total. The fourth-order valence-electron chi connectivity index (χ4n) is 3.04. The first-order chi connectivity index (χ1) is 13.2. The van der Waals surface area contributed by atoms with E-state index in [1.165, 1.54) is 0 Å². The number of aryl methyl sites for hydroxylation is 1. The van der Waals surface area contributed by atoms with E-state index in [9.17, 15) is 4.79 Å². The number of urea groups is 1. The lowest BCUT2D eigenvalue weighted by molar-refractivity contribution is 0.249. The SMILES string of the molecule is Cc1ccc(NC(=O)NC(c2ccccc2)c2cc3ccccc3o2)cc1. The molecule has 0 bridgehead atoms. The Morgan fingerprint density at radius 2 is 1.59 bits per heavy atom. The number of fused-ring (bicyclic) bond motifs is 1. The summed E-state index contributed by atoms with van der Waals surface area (Å²) in [4.78, 5) is 12.6. The Bertz CT molecular complexity index is 1020. The summed E-state index contributed by atoms with van der Waals surface area (Å²) in [6.07, 6.45) is 0. The fraction of sp³-hybridized carbons (Fsp3) is 0.0870. The Morgan fingerprint density at radius 3 is 2.33 bits per heavy atom. The molecule has 4 heteroatoms. The third kappa shape index (κ3) is 3.85. The second kappa shape index (κ2) is 7.38. The summed E-state index contributed by atoms with van der Waals surface area (Å²) < 4.78 is 6.01. The van der Waals surface area contributed by atoms with Crippen LogP contribution in [0.15, 0.2) is 89.3 Å². The van der Waals surface area contributed by atoms with Crippen LogP contribution in [0.1, 0.15) is 22.9 Å². The molecule has 0 aliphatic rings. The van der Waals surface area contributed by atoms with E-state index in [2.05, 4.69) is 10.6 Å². The van der Waals surface area contributed by atoms with Gasteiger partial charge < -0.3 is 15.1 Å². The highest BCUT2D eigenvalue weighted by atomic mass is 16.3. The summed E-state index contributed by atoms with van der Waals surface area (Å²) in [6, 6.07) is 26.6. The molecule has 0 fully saturated rings. The predicted molar refractivity (Wildman–Crippen MR) is 108 cm³/mol. The van der Waals surface area contributed by atoms with E-state index < -0.39 is 0 Å². The van der Waals surface area contributed by atoms with Crippen LogP contribution in [0, 0.1) is 6.92 Å². The van der Waals surface area contributed by atoms with E-state index in [1.54, 1.807) is 0 Å². The number of amides is 2. The number of rotatable bonds is 4. The van der Waals surface area contributed by atoms with Gasteiger partial charge in [0.15, 0.2) is 0 Å². The summed E-state index contributed by atoms with van der Waals surface area (Å²) in [7, 11) is 0. The third-order valence-corrected chi connectivity index (χ3v) is 4.45. The van der Waals surface area contributed by atoms with Gasteiger partial charge in [0.2, 0.25) is 0 Å². The van der Waals surface area contributed by atoms with Gasteiger partial charge in [0.05, 0.1) is 0 Å². The molecule has 4 rings (SSSR count). The second-order valence-corrected chi connectivity index (χ2v) is 6.49. The minimum Gasteiger partial charge on any atom is -0.459 e. The highest BCUT2D eigenvalue weighted by Crippen LogP contribution is 2.28. The molecule has 0 aliphatic heterocycles. The molecule has 1 aromatic heterocycles. The fourth-order valence-corrected chi connectivity index (χ4v) is 3.04. The zero-order valence-electron chi connectivity index (χ0n) is 15.0. The lowest BCUT2D eigenvalue weighted by Crippen LogP contribution is -2.33. The van der Waals surface area contributed by atoms with Crippen molar-refractivity contribution in [1.29, 1.82) is 0 Å². The molecule has 0 aliphatic carbocycles. The Hall–Kier alpha value is -3.53. The Morgan fingerprint density at radius 1 is 0.889 bits per heavy atom. The largest absolute Gasteiger partial charge is 0.459 e. The van der Waals surface area contributed by atoms with Crippen molar-refractivity contribution >= 4 is 22.7 Å². The van der Waals surface area contributed by atoms with Gasteiger partial charge in [-0.25, -0.2) is 4.79 Å². The van der Waals surface area contributed by atoms with Crippen molar-refractivity contribution in [3.8, 4) is 0 Å². The minimum absolute atomic E-state index is 0.284. The number of furan rings is 1. The molecule has 4 nitrogen and oxygen atoms in total. The maximum absolute atomic E-state index is 12.6. The topological polar surface area (TPSA) is 54.3 Å². The van der Waals surface area contributed by atoms with E-state index in [0.717, 1.165) is 27.8 Å².